The SMILES string of the molecule is CC(C)(O)CC(O)c1ccc(Cl)cc1. The number of halogens is 1. The van der Waals surface area contributed by atoms with Crippen LogP contribution in [0.2, 0.25) is 5.02 Å². The van der Waals surface area contributed by atoms with Gasteiger partial charge in [-0.1, -0.05) is 23.7 Å². The minimum atomic E-state index is -0.862. The molecule has 1 aromatic carbocycles. The fourth-order valence-corrected chi connectivity index (χ4v) is 1.40. The van der Waals surface area contributed by atoms with Crippen molar-refractivity contribution in [3.05, 3.63) is 34.9 Å². The number of rotatable bonds is 3. The maximum absolute atomic E-state index is 9.74. The van der Waals surface area contributed by atoms with Crippen LogP contribution in [0.25, 0.3) is 0 Å². The Bertz CT molecular complexity index is 287. The molecule has 0 saturated heterocycles. The average molecular weight is 215 g/mol. The molecular weight excluding hydrogens is 200 g/mol. The number of hydrogen-bond acceptors (Lipinski definition) is 2. The van der Waals surface area contributed by atoms with E-state index >= 15 is 0 Å². The Morgan fingerprint density at radius 2 is 1.79 bits per heavy atom. The number of benzene rings is 1. The maximum atomic E-state index is 9.74. The highest BCUT2D eigenvalue weighted by Gasteiger charge is 2.19. The van der Waals surface area contributed by atoms with Gasteiger partial charge in [0.2, 0.25) is 0 Å². The molecule has 2 N–H and O–H groups in total. The molecule has 0 fully saturated rings. The van der Waals surface area contributed by atoms with Crippen molar-refractivity contribution >= 4 is 11.6 Å². The predicted molar refractivity (Wildman–Crippen MR) is 57.3 cm³/mol. The van der Waals surface area contributed by atoms with Gasteiger partial charge in [-0.25, -0.2) is 0 Å². The predicted octanol–water partition coefficient (Wildman–Crippen LogP) is 2.53. The van der Waals surface area contributed by atoms with E-state index in [-0.39, 0.29) is 0 Å². The number of aliphatic hydroxyl groups is 2. The lowest BCUT2D eigenvalue weighted by Gasteiger charge is -2.21. The van der Waals surface area contributed by atoms with Gasteiger partial charge in [-0.2, -0.15) is 0 Å². The Morgan fingerprint density at radius 3 is 2.21 bits per heavy atom. The highest BCUT2D eigenvalue weighted by atomic mass is 35.5. The molecule has 1 rings (SSSR count). The molecule has 1 unspecified atom stereocenters. The zero-order chi connectivity index (χ0) is 10.8. The van der Waals surface area contributed by atoms with Crippen LogP contribution in [0, 0.1) is 0 Å². The van der Waals surface area contributed by atoms with Crippen molar-refractivity contribution in [2.45, 2.75) is 32.0 Å². The van der Waals surface area contributed by atoms with Crippen molar-refractivity contribution in [2.75, 3.05) is 0 Å². The van der Waals surface area contributed by atoms with Crippen molar-refractivity contribution < 1.29 is 10.2 Å². The molecule has 0 bridgehead atoms. The van der Waals surface area contributed by atoms with Crippen molar-refractivity contribution in [3.63, 3.8) is 0 Å². The molecule has 0 aliphatic carbocycles. The first kappa shape index (κ1) is 11.5. The van der Waals surface area contributed by atoms with Gasteiger partial charge in [0.15, 0.2) is 0 Å². The normalized spacial score (nSPS) is 14.1. The molecular formula is C11H15ClO2. The van der Waals surface area contributed by atoms with E-state index in [1.54, 1.807) is 38.1 Å². The minimum absolute atomic E-state index is 0.314. The Kier molecular flexibility index (Phi) is 3.53. The standard InChI is InChI=1S/C11H15ClO2/c1-11(2,14)7-10(13)8-3-5-9(12)6-4-8/h3-6,10,13-14H,7H2,1-2H3. The molecule has 78 valence electrons. The van der Waals surface area contributed by atoms with Gasteiger partial charge in [0.1, 0.15) is 0 Å². The third-order valence-electron chi connectivity index (χ3n) is 1.95. The van der Waals surface area contributed by atoms with Crippen LogP contribution in [-0.4, -0.2) is 15.8 Å². The van der Waals surface area contributed by atoms with Crippen molar-refractivity contribution in [1.82, 2.24) is 0 Å². The first-order valence-corrected chi connectivity index (χ1v) is 4.92. The average Bonchev–Trinajstić information content (AvgIpc) is 2.02. The summed E-state index contributed by atoms with van der Waals surface area (Å²) in [6, 6.07) is 6.98. The molecule has 0 saturated carbocycles. The lowest BCUT2D eigenvalue weighted by molar-refractivity contribution is 0.0179. The molecule has 0 aliphatic rings. The fraction of sp³-hybridized carbons (Fsp3) is 0.455. The maximum Gasteiger partial charge on any atom is 0.0817 e. The van der Waals surface area contributed by atoms with E-state index in [2.05, 4.69) is 0 Å². The summed E-state index contributed by atoms with van der Waals surface area (Å²) in [5.74, 6) is 0. The molecule has 14 heavy (non-hydrogen) atoms. The molecule has 0 aromatic heterocycles. The van der Waals surface area contributed by atoms with Crippen molar-refractivity contribution in [2.24, 2.45) is 0 Å². The highest BCUT2D eigenvalue weighted by molar-refractivity contribution is 6.30. The van der Waals surface area contributed by atoms with E-state index < -0.39 is 11.7 Å². The smallest absolute Gasteiger partial charge is 0.0817 e. The van der Waals surface area contributed by atoms with E-state index in [0.29, 0.717) is 11.4 Å². The first-order valence-electron chi connectivity index (χ1n) is 4.54. The molecule has 1 aromatic rings. The van der Waals surface area contributed by atoms with Crippen LogP contribution in [0.1, 0.15) is 31.9 Å². The van der Waals surface area contributed by atoms with Gasteiger partial charge in [-0.3, -0.25) is 0 Å². The molecule has 0 heterocycles. The topological polar surface area (TPSA) is 40.5 Å². The zero-order valence-electron chi connectivity index (χ0n) is 8.37. The van der Waals surface area contributed by atoms with E-state index in [4.69, 9.17) is 11.6 Å². The van der Waals surface area contributed by atoms with Crippen LogP contribution in [0.5, 0.6) is 0 Å². The van der Waals surface area contributed by atoms with Gasteiger partial charge < -0.3 is 10.2 Å². The van der Waals surface area contributed by atoms with Crippen LogP contribution in [0.4, 0.5) is 0 Å². The third-order valence-corrected chi connectivity index (χ3v) is 2.20. The first-order chi connectivity index (χ1) is 6.38. The second-order valence-electron chi connectivity index (χ2n) is 4.08. The zero-order valence-corrected chi connectivity index (χ0v) is 9.12. The summed E-state index contributed by atoms with van der Waals surface area (Å²) in [4.78, 5) is 0. The van der Waals surface area contributed by atoms with Crippen LogP contribution in [0.3, 0.4) is 0 Å². The summed E-state index contributed by atoms with van der Waals surface area (Å²) >= 11 is 5.72. The summed E-state index contributed by atoms with van der Waals surface area (Å²) in [6.45, 7) is 3.35. The molecule has 2 nitrogen and oxygen atoms in total. The summed E-state index contributed by atoms with van der Waals surface area (Å²) in [5, 5.41) is 19.9. The second kappa shape index (κ2) is 4.30. The van der Waals surface area contributed by atoms with Crippen LogP contribution < -0.4 is 0 Å². The van der Waals surface area contributed by atoms with Crippen LogP contribution >= 0.6 is 11.6 Å². The summed E-state index contributed by atoms with van der Waals surface area (Å²) in [5.41, 5.74) is -0.0875. The highest BCUT2D eigenvalue weighted by Crippen LogP contribution is 2.24. The molecule has 0 radical (unpaired) electrons. The summed E-state index contributed by atoms with van der Waals surface area (Å²) in [6.07, 6.45) is -0.332. The van der Waals surface area contributed by atoms with E-state index in [9.17, 15) is 10.2 Å². The lowest BCUT2D eigenvalue weighted by atomic mass is 9.96. The Morgan fingerprint density at radius 1 is 1.29 bits per heavy atom. The Labute approximate surface area is 89.1 Å². The van der Waals surface area contributed by atoms with Crippen LogP contribution in [-0.2, 0) is 0 Å². The largest absolute Gasteiger partial charge is 0.390 e. The van der Waals surface area contributed by atoms with Crippen molar-refractivity contribution in [1.29, 1.82) is 0 Å². The van der Waals surface area contributed by atoms with Gasteiger partial charge in [0, 0.05) is 11.4 Å². The number of aliphatic hydroxyl groups excluding tert-OH is 1. The summed E-state index contributed by atoms with van der Waals surface area (Å²) in [7, 11) is 0. The molecule has 3 heteroatoms. The third kappa shape index (κ3) is 3.66. The summed E-state index contributed by atoms with van der Waals surface area (Å²) < 4.78 is 0. The monoisotopic (exact) mass is 214 g/mol. The molecule has 0 aliphatic heterocycles. The van der Waals surface area contributed by atoms with E-state index in [0.717, 1.165) is 5.56 Å². The van der Waals surface area contributed by atoms with E-state index in [1.165, 1.54) is 0 Å². The second-order valence-corrected chi connectivity index (χ2v) is 4.52. The van der Waals surface area contributed by atoms with Gasteiger partial charge in [-0.05, 0) is 31.5 Å². The molecule has 1 atom stereocenters. The molecule has 0 amide bonds. The van der Waals surface area contributed by atoms with Gasteiger partial charge in [0.05, 0.1) is 11.7 Å². The Balaban J connectivity index is 2.70. The molecule has 0 spiro atoms. The van der Waals surface area contributed by atoms with Gasteiger partial charge in [0.25, 0.3) is 0 Å². The Hall–Kier alpha value is -0.570. The van der Waals surface area contributed by atoms with E-state index in [1.807, 2.05) is 0 Å². The minimum Gasteiger partial charge on any atom is -0.390 e. The number of hydrogen-bond donors (Lipinski definition) is 2. The lowest BCUT2D eigenvalue weighted by Crippen LogP contribution is -2.22. The van der Waals surface area contributed by atoms with Crippen LogP contribution in [0.15, 0.2) is 24.3 Å². The van der Waals surface area contributed by atoms with Gasteiger partial charge >= 0.3 is 0 Å². The van der Waals surface area contributed by atoms with Gasteiger partial charge in [-0.15, -0.1) is 0 Å². The quantitative estimate of drug-likeness (QED) is 0.812. The van der Waals surface area contributed by atoms with Crippen molar-refractivity contribution in [3.8, 4) is 0 Å². The fourth-order valence-electron chi connectivity index (χ4n) is 1.28.